The molecule has 0 radical (unpaired) electrons. The number of halogens is 1. The highest BCUT2D eigenvalue weighted by molar-refractivity contribution is 7.84. The van der Waals surface area contributed by atoms with Gasteiger partial charge in [-0.15, -0.1) is 0 Å². The lowest BCUT2D eigenvalue weighted by Crippen LogP contribution is -2.29. The smallest absolute Gasteiger partial charge is 0.333 e. The first kappa shape index (κ1) is 19.1. The highest BCUT2D eigenvalue weighted by Gasteiger charge is 2.39. The summed E-state index contributed by atoms with van der Waals surface area (Å²) < 4.78 is 38.5. The van der Waals surface area contributed by atoms with Gasteiger partial charge in [-0.05, 0) is 11.6 Å². The average Bonchev–Trinajstić information content (AvgIpc) is 2.87. The molecule has 0 saturated carbocycles. The van der Waals surface area contributed by atoms with E-state index in [4.69, 9.17) is 26.2 Å². The Morgan fingerprint density at radius 3 is 2.38 bits per heavy atom. The second kappa shape index (κ2) is 7.74. The minimum Gasteiger partial charge on any atom is -0.453 e. The fourth-order valence-electron chi connectivity index (χ4n) is 2.51. The highest BCUT2D eigenvalue weighted by atomic mass is 35.5. The van der Waals surface area contributed by atoms with E-state index in [1.165, 1.54) is 0 Å². The zero-order chi connectivity index (χ0) is 17.8. The molecule has 6 nitrogen and oxygen atoms in total. The van der Waals surface area contributed by atoms with E-state index in [-0.39, 0.29) is 13.0 Å². The van der Waals surface area contributed by atoms with Crippen molar-refractivity contribution in [2.24, 2.45) is 5.14 Å². The first-order valence-corrected chi connectivity index (χ1v) is 9.64. The average molecular weight is 376 g/mol. The minimum absolute atomic E-state index is 0.104. The summed E-state index contributed by atoms with van der Waals surface area (Å²) in [6.07, 6.45) is 2.04. The van der Waals surface area contributed by atoms with Gasteiger partial charge in [0.2, 0.25) is 5.79 Å². The van der Waals surface area contributed by atoms with Crippen LogP contribution in [0, 0.1) is 0 Å². The SMILES string of the molecule is CCC1(CC)OC(CCOS(N)(=O)=O)=C(Cc2ccccc2Cl)O1. The number of hydrogen-bond acceptors (Lipinski definition) is 5. The molecule has 2 rings (SSSR count). The molecule has 24 heavy (non-hydrogen) atoms. The van der Waals surface area contributed by atoms with E-state index in [0.29, 0.717) is 35.8 Å². The van der Waals surface area contributed by atoms with Gasteiger partial charge in [-0.2, -0.15) is 8.42 Å². The van der Waals surface area contributed by atoms with Gasteiger partial charge in [-0.1, -0.05) is 43.6 Å². The first-order valence-electron chi connectivity index (χ1n) is 7.79. The summed E-state index contributed by atoms with van der Waals surface area (Å²) >= 11 is 6.21. The Morgan fingerprint density at radius 2 is 1.79 bits per heavy atom. The van der Waals surface area contributed by atoms with Crippen LogP contribution >= 0.6 is 11.6 Å². The van der Waals surface area contributed by atoms with Crippen LogP contribution in [-0.2, 0) is 30.4 Å². The third-order valence-electron chi connectivity index (χ3n) is 3.89. The van der Waals surface area contributed by atoms with Crippen molar-refractivity contribution in [3.8, 4) is 0 Å². The molecule has 0 fully saturated rings. The number of nitrogens with two attached hydrogens (primary N) is 1. The van der Waals surface area contributed by atoms with Gasteiger partial charge < -0.3 is 9.47 Å². The van der Waals surface area contributed by atoms with E-state index in [0.717, 1.165) is 5.56 Å². The van der Waals surface area contributed by atoms with E-state index < -0.39 is 16.1 Å². The third-order valence-corrected chi connectivity index (χ3v) is 4.76. The summed E-state index contributed by atoms with van der Waals surface area (Å²) in [7, 11) is -3.98. The largest absolute Gasteiger partial charge is 0.453 e. The molecule has 8 heteroatoms. The van der Waals surface area contributed by atoms with Crippen molar-refractivity contribution in [1.82, 2.24) is 0 Å². The Labute approximate surface area is 147 Å². The summed E-state index contributed by atoms with van der Waals surface area (Å²) in [5.41, 5.74) is 0.908. The lowest BCUT2D eigenvalue weighted by Gasteiger charge is -2.26. The Morgan fingerprint density at radius 1 is 1.17 bits per heavy atom. The zero-order valence-corrected chi connectivity index (χ0v) is 15.3. The van der Waals surface area contributed by atoms with Gasteiger partial charge in [0.15, 0.2) is 0 Å². The van der Waals surface area contributed by atoms with Crippen molar-refractivity contribution in [2.45, 2.75) is 45.3 Å². The van der Waals surface area contributed by atoms with Gasteiger partial charge in [-0.25, -0.2) is 5.14 Å². The maximum atomic E-state index is 10.9. The second-order valence-corrected chi connectivity index (χ2v) is 7.13. The van der Waals surface area contributed by atoms with Gasteiger partial charge in [0, 0.05) is 30.7 Å². The first-order chi connectivity index (χ1) is 11.3. The predicted molar refractivity (Wildman–Crippen MR) is 91.3 cm³/mol. The molecule has 134 valence electrons. The maximum absolute atomic E-state index is 10.9. The topological polar surface area (TPSA) is 87.9 Å². The van der Waals surface area contributed by atoms with Crippen LogP contribution in [0.1, 0.15) is 38.7 Å². The standard InChI is InChI=1S/C16H22ClNO5S/c1-3-16(4-2)22-14(9-10-21-24(18,19)20)15(23-16)11-12-7-5-6-8-13(12)17/h5-8H,3-4,9-11H2,1-2H3,(H2,18,19,20). The summed E-state index contributed by atoms with van der Waals surface area (Å²) in [6.45, 7) is 3.84. The predicted octanol–water partition coefficient (Wildman–Crippen LogP) is 3.27. The van der Waals surface area contributed by atoms with Crippen molar-refractivity contribution in [3.05, 3.63) is 46.4 Å². The Bertz CT molecular complexity index is 713. The van der Waals surface area contributed by atoms with Crippen molar-refractivity contribution < 1.29 is 22.1 Å². The third kappa shape index (κ3) is 4.86. The van der Waals surface area contributed by atoms with E-state index in [9.17, 15) is 8.42 Å². The van der Waals surface area contributed by atoms with E-state index in [2.05, 4.69) is 4.18 Å². The van der Waals surface area contributed by atoms with Crippen molar-refractivity contribution in [3.63, 3.8) is 0 Å². The fourth-order valence-corrected chi connectivity index (χ4v) is 3.03. The summed E-state index contributed by atoms with van der Waals surface area (Å²) in [6, 6.07) is 7.47. The molecular formula is C16H22ClNO5S. The molecule has 0 amide bonds. The Kier molecular flexibility index (Phi) is 6.14. The van der Waals surface area contributed by atoms with Crippen molar-refractivity contribution in [2.75, 3.05) is 6.61 Å². The highest BCUT2D eigenvalue weighted by Crippen LogP contribution is 2.39. The molecule has 2 N–H and O–H groups in total. The number of ether oxygens (including phenoxy) is 2. The van der Waals surface area contributed by atoms with Gasteiger partial charge in [-0.3, -0.25) is 4.18 Å². The molecule has 0 aliphatic carbocycles. The summed E-state index contributed by atoms with van der Waals surface area (Å²) in [4.78, 5) is 0. The number of benzene rings is 1. The van der Waals surface area contributed by atoms with E-state index in [1.807, 2.05) is 38.1 Å². The molecule has 0 unspecified atom stereocenters. The molecule has 1 heterocycles. The normalized spacial score (nSPS) is 16.8. The molecule has 0 bridgehead atoms. The van der Waals surface area contributed by atoms with Crippen LogP contribution in [0.3, 0.4) is 0 Å². The number of hydrogen-bond donors (Lipinski definition) is 1. The quantitative estimate of drug-likeness (QED) is 0.753. The van der Waals surface area contributed by atoms with E-state index >= 15 is 0 Å². The zero-order valence-electron chi connectivity index (χ0n) is 13.7. The molecule has 0 spiro atoms. The fraction of sp³-hybridized carbons (Fsp3) is 0.500. The van der Waals surface area contributed by atoms with Gasteiger partial charge in [0.1, 0.15) is 11.5 Å². The lowest BCUT2D eigenvalue weighted by atomic mass is 10.1. The summed E-state index contributed by atoms with van der Waals surface area (Å²) in [5.74, 6) is 0.486. The molecule has 1 aromatic rings. The van der Waals surface area contributed by atoms with Crippen molar-refractivity contribution in [1.29, 1.82) is 0 Å². The van der Waals surface area contributed by atoms with Crippen LogP contribution in [0.2, 0.25) is 5.02 Å². The lowest BCUT2D eigenvalue weighted by molar-refractivity contribution is -0.159. The monoisotopic (exact) mass is 375 g/mol. The Balaban J connectivity index is 2.19. The molecule has 1 aliphatic rings. The van der Waals surface area contributed by atoms with Gasteiger partial charge >= 0.3 is 10.3 Å². The van der Waals surface area contributed by atoms with Crippen LogP contribution in [0.15, 0.2) is 35.8 Å². The Hall–Kier alpha value is -1.28. The number of allylic oxidation sites excluding steroid dienone is 1. The van der Waals surface area contributed by atoms with Crippen molar-refractivity contribution >= 4 is 21.9 Å². The van der Waals surface area contributed by atoms with Gasteiger partial charge in [0.05, 0.1) is 6.61 Å². The van der Waals surface area contributed by atoms with Crippen LogP contribution in [0.5, 0.6) is 0 Å². The van der Waals surface area contributed by atoms with Crippen LogP contribution < -0.4 is 5.14 Å². The summed E-state index contributed by atoms with van der Waals surface area (Å²) in [5, 5.41) is 5.49. The minimum atomic E-state index is -3.98. The number of rotatable bonds is 8. The van der Waals surface area contributed by atoms with E-state index in [1.54, 1.807) is 0 Å². The van der Waals surface area contributed by atoms with Crippen LogP contribution in [0.25, 0.3) is 0 Å². The molecule has 0 atom stereocenters. The maximum Gasteiger partial charge on any atom is 0.333 e. The molecule has 1 aliphatic heterocycles. The second-order valence-electron chi connectivity index (χ2n) is 5.50. The van der Waals surface area contributed by atoms with Gasteiger partial charge in [0.25, 0.3) is 0 Å². The van der Waals surface area contributed by atoms with Crippen LogP contribution in [-0.4, -0.2) is 20.8 Å². The molecular weight excluding hydrogens is 354 g/mol. The molecule has 0 saturated heterocycles. The van der Waals surface area contributed by atoms with Crippen LogP contribution in [0.4, 0.5) is 0 Å². The molecule has 1 aromatic carbocycles. The molecule has 0 aromatic heterocycles.